The van der Waals surface area contributed by atoms with Crippen LogP contribution >= 0.6 is 0 Å². The maximum absolute atomic E-state index is 13.8. The van der Waals surface area contributed by atoms with Crippen molar-refractivity contribution in [3.63, 3.8) is 0 Å². The molecule has 4 aromatic rings. The normalized spacial score (nSPS) is 18.2. The number of ether oxygens (including phenoxy) is 2. The molecule has 5 heterocycles. The van der Waals surface area contributed by atoms with Crippen LogP contribution in [0.4, 0.5) is 13.2 Å². The van der Waals surface area contributed by atoms with Crippen molar-refractivity contribution in [3.8, 4) is 11.1 Å². The highest BCUT2D eigenvalue weighted by molar-refractivity contribution is 6.02. The molecule has 1 unspecified atom stereocenters. The van der Waals surface area contributed by atoms with Gasteiger partial charge in [-0.25, -0.2) is 4.79 Å². The van der Waals surface area contributed by atoms with Crippen LogP contribution in [0.15, 0.2) is 41.3 Å². The quantitative estimate of drug-likeness (QED) is 0.333. The SMILES string of the molecule is Cn1c(=O)n(C2CCOCC2)c2c3cc(-c4ccc(C(OCCN5CCCC5)C(F)(F)F)nc4)ccc3nnc21. The molecule has 0 bridgehead atoms. The van der Waals surface area contributed by atoms with Crippen LogP contribution in [-0.4, -0.2) is 74.8 Å². The Morgan fingerprint density at radius 3 is 2.52 bits per heavy atom. The van der Waals surface area contributed by atoms with Gasteiger partial charge in [-0.3, -0.25) is 14.1 Å². The fraction of sp³-hybridized carbons (Fsp3) is 0.500. The van der Waals surface area contributed by atoms with Gasteiger partial charge in [-0.2, -0.15) is 13.2 Å². The monoisotopic (exact) mass is 556 g/mol. The number of likely N-dealkylation sites (tertiary alicyclic amines) is 1. The number of benzene rings is 1. The predicted molar refractivity (Wildman–Crippen MR) is 143 cm³/mol. The van der Waals surface area contributed by atoms with Crippen LogP contribution in [0, 0.1) is 0 Å². The molecule has 2 fully saturated rings. The number of imidazole rings is 1. The first-order valence-corrected chi connectivity index (χ1v) is 13.6. The van der Waals surface area contributed by atoms with Crippen molar-refractivity contribution in [2.75, 3.05) is 39.5 Å². The van der Waals surface area contributed by atoms with E-state index < -0.39 is 12.3 Å². The molecule has 0 aliphatic carbocycles. The van der Waals surface area contributed by atoms with Crippen molar-refractivity contribution >= 4 is 22.1 Å². The summed E-state index contributed by atoms with van der Waals surface area (Å²) in [5.74, 6) is 0. The van der Waals surface area contributed by atoms with Crippen LogP contribution in [0.3, 0.4) is 0 Å². The molecule has 0 radical (unpaired) electrons. The smallest absolute Gasteiger partial charge is 0.381 e. The Balaban J connectivity index is 1.32. The maximum atomic E-state index is 13.8. The number of pyridine rings is 1. The van der Waals surface area contributed by atoms with Crippen LogP contribution in [0.1, 0.15) is 43.5 Å². The summed E-state index contributed by atoms with van der Waals surface area (Å²) in [5.41, 5.74) is 2.84. The first-order valence-electron chi connectivity index (χ1n) is 13.6. The van der Waals surface area contributed by atoms with Gasteiger partial charge in [0.25, 0.3) is 0 Å². The first-order chi connectivity index (χ1) is 19.3. The highest BCUT2D eigenvalue weighted by Crippen LogP contribution is 2.36. The minimum atomic E-state index is -4.58. The van der Waals surface area contributed by atoms with Crippen LogP contribution in [0.2, 0.25) is 0 Å². The summed E-state index contributed by atoms with van der Waals surface area (Å²) < 4.78 is 55.6. The van der Waals surface area contributed by atoms with Gasteiger partial charge in [0.05, 0.1) is 17.8 Å². The number of nitrogens with zero attached hydrogens (tertiary/aromatic N) is 6. The fourth-order valence-corrected chi connectivity index (χ4v) is 5.74. The topological polar surface area (TPSA) is 87.3 Å². The Bertz CT molecular complexity index is 1550. The summed E-state index contributed by atoms with van der Waals surface area (Å²) in [7, 11) is 1.68. The van der Waals surface area contributed by atoms with Crippen molar-refractivity contribution in [1.82, 2.24) is 29.2 Å². The molecule has 40 heavy (non-hydrogen) atoms. The number of alkyl halides is 3. The van der Waals surface area contributed by atoms with Crippen LogP contribution < -0.4 is 5.69 Å². The van der Waals surface area contributed by atoms with Gasteiger partial charge in [-0.05, 0) is 62.5 Å². The largest absolute Gasteiger partial charge is 0.420 e. The molecule has 6 rings (SSSR count). The molecule has 12 heteroatoms. The van der Waals surface area contributed by atoms with Gasteiger partial charge in [-0.1, -0.05) is 12.1 Å². The lowest BCUT2D eigenvalue weighted by molar-refractivity contribution is -0.225. The highest BCUT2D eigenvalue weighted by atomic mass is 19.4. The second-order valence-electron chi connectivity index (χ2n) is 10.5. The third kappa shape index (κ3) is 5.11. The van der Waals surface area contributed by atoms with E-state index >= 15 is 0 Å². The molecule has 2 aliphatic heterocycles. The Morgan fingerprint density at radius 1 is 1.07 bits per heavy atom. The van der Waals surface area contributed by atoms with Crippen LogP contribution in [0.25, 0.3) is 33.2 Å². The van der Waals surface area contributed by atoms with Crippen molar-refractivity contribution in [2.24, 2.45) is 7.05 Å². The number of rotatable bonds is 7. The summed E-state index contributed by atoms with van der Waals surface area (Å²) in [5, 5.41) is 9.38. The number of aromatic nitrogens is 5. The standard InChI is InChI=1S/C28H31F3N6O3/c1-35-26-24(37(27(35)38)20-8-13-39-14-9-20)21-16-18(4-6-22(21)33-34-26)19-5-7-23(32-17-19)25(28(29,30)31)40-15-12-36-10-2-3-11-36/h4-7,16-17,20,25H,2-3,8-15H2,1H3. The number of hydrogen-bond acceptors (Lipinski definition) is 7. The number of hydrogen-bond donors (Lipinski definition) is 0. The molecule has 2 aliphatic rings. The number of fused-ring (bicyclic) bond motifs is 3. The van der Waals surface area contributed by atoms with E-state index in [-0.39, 0.29) is 24.0 Å². The third-order valence-electron chi connectivity index (χ3n) is 7.90. The average Bonchev–Trinajstić information content (AvgIpc) is 3.57. The fourth-order valence-electron chi connectivity index (χ4n) is 5.74. The van der Waals surface area contributed by atoms with E-state index in [0.29, 0.717) is 54.8 Å². The first kappa shape index (κ1) is 26.9. The van der Waals surface area contributed by atoms with Crippen molar-refractivity contribution in [2.45, 2.75) is 44.0 Å². The summed E-state index contributed by atoms with van der Waals surface area (Å²) in [6.45, 7) is 3.40. The van der Waals surface area contributed by atoms with Gasteiger partial charge < -0.3 is 14.4 Å². The van der Waals surface area contributed by atoms with E-state index in [4.69, 9.17) is 9.47 Å². The van der Waals surface area contributed by atoms with E-state index in [9.17, 15) is 18.0 Å². The highest BCUT2D eigenvalue weighted by Gasteiger charge is 2.43. The summed E-state index contributed by atoms with van der Waals surface area (Å²) in [6.07, 6.45) is -1.67. The van der Waals surface area contributed by atoms with Gasteiger partial charge in [-0.15, -0.1) is 10.2 Å². The number of aryl methyl sites for hydroxylation is 1. The minimum Gasteiger partial charge on any atom is -0.381 e. The minimum absolute atomic E-state index is 0.0127. The maximum Gasteiger partial charge on any atom is 0.420 e. The molecule has 0 N–H and O–H groups in total. The molecule has 0 saturated carbocycles. The Kier molecular flexibility index (Phi) is 7.32. The van der Waals surface area contributed by atoms with E-state index in [2.05, 4.69) is 20.1 Å². The van der Waals surface area contributed by atoms with Gasteiger partial charge in [0.1, 0.15) is 5.52 Å². The molecule has 1 atom stereocenters. The molecule has 212 valence electrons. The lowest BCUT2D eigenvalue weighted by Gasteiger charge is -2.23. The number of halogens is 3. The van der Waals surface area contributed by atoms with E-state index in [1.54, 1.807) is 23.7 Å². The van der Waals surface area contributed by atoms with Crippen molar-refractivity contribution < 1.29 is 22.6 Å². The molecule has 0 spiro atoms. The van der Waals surface area contributed by atoms with E-state index in [0.717, 1.165) is 36.9 Å². The van der Waals surface area contributed by atoms with Crippen LogP contribution in [0.5, 0.6) is 0 Å². The zero-order chi connectivity index (χ0) is 27.9. The second kappa shape index (κ2) is 10.9. The van der Waals surface area contributed by atoms with Gasteiger partial charge in [0, 0.05) is 50.0 Å². The van der Waals surface area contributed by atoms with Gasteiger partial charge >= 0.3 is 11.9 Å². The summed E-state index contributed by atoms with van der Waals surface area (Å²) in [6, 6.07) is 8.49. The summed E-state index contributed by atoms with van der Waals surface area (Å²) in [4.78, 5) is 19.5. The molecule has 0 amide bonds. The lowest BCUT2D eigenvalue weighted by Crippen LogP contribution is -2.29. The Labute approximate surface area is 228 Å². The van der Waals surface area contributed by atoms with E-state index in [1.807, 2.05) is 12.1 Å². The zero-order valence-electron chi connectivity index (χ0n) is 22.2. The zero-order valence-corrected chi connectivity index (χ0v) is 22.2. The molecule has 3 aromatic heterocycles. The predicted octanol–water partition coefficient (Wildman–Crippen LogP) is 4.41. The molecule has 2 saturated heterocycles. The average molecular weight is 557 g/mol. The molecule has 9 nitrogen and oxygen atoms in total. The molecular formula is C28H31F3N6O3. The van der Waals surface area contributed by atoms with E-state index in [1.165, 1.54) is 16.8 Å². The van der Waals surface area contributed by atoms with Crippen LogP contribution in [-0.2, 0) is 16.5 Å². The van der Waals surface area contributed by atoms with Gasteiger partial charge in [0.15, 0.2) is 11.8 Å². The second-order valence-corrected chi connectivity index (χ2v) is 10.5. The third-order valence-corrected chi connectivity index (χ3v) is 7.90. The Hall–Kier alpha value is -3.35. The molecule has 1 aromatic carbocycles. The summed E-state index contributed by atoms with van der Waals surface area (Å²) >= 11 is 0. The van der Waals surface area contributed by atoms with Crippen molar-refractivity contribution in [1.29, 1.82) is 0 Å². The molecular weight excluding hydrogens is 525 g/mol. The van der Waals surface area contributed by atoms with Gasteiger partial charge in [0.2, 0.25) is 0 Å². The Morgan fingerprint density at radius 2 is 1.82 bits per heavy atom. The lowest BCUT2D eigenvalue weighted by atomic mass is 10.0. The van der Waals surface area contributed by atoms with Crippen molar-refractivity contribution in [3.05, 3.63) is 52.7 Å².